The van der Waals surface area contributed by atoms with Gasteiger partial charge in [0.05, 0.1) is 12.4 Å². The summed E-state index contributed by atoms with van der Waals surface area (Å²) in [6.07, 6.45) is 2.27. The van der Waals surface area contributed by atoms with Crippen LogP contribution in [0.15, 0.2) is 0 Å². The van der Waals surface area contributed by atoms with Crippen molar-refractivity contribution < 1.29 is 13.2 Å². The van der Waals surface area contributed by atoms with Gasteiger partial charge in [0.25, 0.3) is 0 Å². The molecule has 0 bridgehead atoms. The molecule has 0 aromatic rings. The zero-order valence-electron chi connectivity index (χ0n) is 11.0. The highest BCUT2D eigenvalue weighted by atomic mass is 32.2. The fourth-order valence-electron chi connectivity index (χ4n) is 2.13. The molecular formula is C11H24N2O3S. The van der Waals surface area contributed by atoms with Crippen molar-refractivity contribution in [2.24, 2.45) is 0 Å². The van der Waals surface area contributed by atoms with Crippen molar-refractivity contribution in [3.05, 3.63) is 0 Å². The molecule has 102 valence electrons. The zero-order valence-corrected chi connectivity index (χ0v) is 11.8. The van der Waals surface area contributed by atoms with Crippen LogP contribution in [0.25, 0.3) is 0 Å². The minimum Gasteiger partial charge on any atom is -0.380 e. The molecule has 1 saturated heterocycles. The molecule has 0 aromatic heterocycles. The van der Waals surface area contributed by atoms with Crippen LogP contribution in [0.4, 0.5) is 0 Å². The van der Waals surface area contributed by atoms with Crippen LogP contribution in [0.3, 0.4) is 0 Å². The summed E-state index contributed by atoms with van der Waals surface area (Å²) in [5, 5.41) is 3.44. The third kappa shape index (κ3) is 5.33. The summed E-state index contributed by atoms with van der Waals surface area (Å²) >= 11 is 0. The highest BCUT2D eigenvalue weighted by Gasteiger charge is 2.28. The van der Waals surface area contributed by atoms with Gasteiger partial charge in [-0.05, 0) is 20.0 Å². The Bertz CT molecular complexity index is 317. The zero-order chi connectivity index (χ0) is 12.9. The fourth-order valence-corrected chi connectivity index (χ4v) is 2.75. The van der Waals surface area contributed by atoms with Crippen LogP contribution in [0.1, 0.15) is 13.3 Å². The summed E-state index contributed by atoms with van der Waals surface area (Å²) in [5.41, 5.74) is 0. The molecule has 1 aliphatic rings. The van der Waals surface area contributed by atoms with Crippen LogP contribution < -0.4 is 5.32 Å². The van der Waals surface area contributed by atoms with E-state index in [1.54, 1.807) is 0 Å². The summed E-state index contributed by atoms with van der Waals surface area (Å²) in [4.78, 5) is 2.09. The molecule has 0 aliphatic carbocycles. The quantitative estimate of drug-likeness (QED) is 0.716. The molecule has 2 unspecified atom stereocenters. The number of sulfone groups is 1. The van der Waals surface area contributed by atoms with Crippen molar-refractivity contribution in [2.75, 3.05) is 45.4 Å². The lowest BCUT2D eigenvalue weighted by molar-refractivity contribution is 0.00842. The van der Waals surface area contributed by atoms with E-state index in [2.05, 4.69) is 17.1 Å². The molecule has 0 radical (unpaired) electrons. The predicted molar refractivity (Wildman–Crippen MR) is 69.0 cm³/mol. The maximum atomic E-state index is 11.2. The molecule has 0 saturated carbocycles. The molecule has 1 aliphatic heterocycles. The Labute approximate surface area is 104 Å². The van der Waals surface area contributed by atoms with Gasteiger partial charge in [0, 0.05) is 31.5 Å². The van der Waals surface area contributed by atoms with Gasteiger partial charge in [-0.2, -0.15) is 0 Å². The van der Waals surface area contributed by atoms with Gasteiger partial charge in [-0.15, -0.1) is 0 Å². The summed E-state index contributed by atoms with van der Waals surface area (Å²) < 4.78 is 27.8. The molecular weight excluding hydrogens is 240 g/mol. The molecule has 0 amide bonds. The lowest BCUT2D eigenvalue weighted by Gasteiger charge is -2.38. The van der Waals surface area contributed by atoms with Crippen molar-refractivity contribution in [3.8, 4) is 0 Å². The van der Waals surface area contributed by atoms with Crippen LogP contribution in [0.2, 0.25) is 0 Å². The summed E-state index contributed by atoms with van der Waals surface area (Å²) in [7, 11) is -0.923. The standard InChI is InChI=1S/C11H24N2O3S/c1-4-12-10-5-7-16-9-11(10)13(2)6-8-17(3,14)15/h10-12H,4-9H2,1-3H3. The first-order chi connectivity index (χ1) is 7.94. The van der Waals surface area contributed by atoms with Crippen LogP contribution in [0.5, 0.6) is 0 Å². The van der Waals surface area contributed by atoms with Gasteiger partial charge in [-0.3, -0.25) is 4.90 Å². The van der Waals surface area contributed by atoms with Crippen molar-refractivity contribution >= 4 is 9.84 Å². The Morgan fingerprint density at radius 3 is 2.76 bits per heavy atom. The summed E-state index contributed by atoms with van der Waals surface area (Å²) in [6, 6.07) is 0.670. The van der Waals surface area contributed by atoms with Crippen LogP contribution in [-0.2, 0) is 14.6 Å². The molecule has 17 heavy (non-hydrogen) atoms. The molecule has 1 heterocycles. The second-order valence-corrected chi connectivity index (χ2v) is 6.97. The SMILES string of the molecule is CCNC1CCOCC1N(C)CCS(C)(=O)=O. The topological polar surface area (TPSA) is 58.6 Å². The van der Waals surface area contributed by atoms with Crippen LogP contribution in [-0.4, -0.2) is 70.8 Å². The van der Waals surface area contributed by atoms with E-state index in [0.29, 0.717) is 19.2 Å². The van der Waals surface area contributed by atoms with E-state index in [4.69, 9.17) is 4.74 Å². The summed E-state index contributed by atoms with van der Waals surface area (Å²) in [5.74, 6) is 0.207. The van der Waals surface area contributed by atoms with E-state index in [1.807, 2.05) is 7.05 Å². The fraction of sp³-hybridized carbons (Fsp3) is 1.00. The normalized spacial score (nSPS) is 26.4. The lowest BCUT2D eigenvalue weighted by atomic mass is 10.0. The Morgan fingerprint density at radius 2 is 2.18 bits per heavy atom. The largest absolute Gasteiger partial charge is 0.380 e. The maximum Gasteiger partial charge on any atom is 0.148 e. The van der Waals surface area contributed by atoms with Crippen molar-refractivity contribution in [3.63, 3.8) is 0 Å². The van der Waals surface area contributed by atoms with E-state index >= 15 is 0 Å². The third-order valence-electron chi connectivity index (χ3n) is 3.17. The molecule has 0 spiro atoms. The molecule has 1 N–H and O–H groups in total. The van der Waals surface area contributed by atoms with E-state index in [9.17, 15) is 8.42 Å². The van der Waals surface area contributed by atoms with E-state index in [-0.39, 0.29) is 11.8 Å². The highest BCUT2D eigenvalue weighted by molar-refractivity contribution is 7.90. The van der Waals surface area contributed by atoms with Gasteiger partial charge in [0.2, 0.25) is 0 Å². The minimum absolute atomic E-state index is 0.207. The first-order valence-electron chi connectivity index (χ1n) is 6.13. The van der Waals surface area contributed by atoms with Crippen molar-refractivity contribution in [2.45, 2.75) is 25.4 Å². The number of likely N-dealkylation sites (N-methyl/N-ethyl adjacent to an activating group) is 2. The molecule has 1 rings (SSSR count). The monoisotopic (exact) mass is 264 g/mol. The van der Waals surface area contributed by atoms with Gasteiger partial charge in [-0.25, -0.2) is 8.42 Å². The average molecular weight is 264 g/mol. The first kappa shape index (κ1) is 14.9. The molecule has 0 aromatic carbocycles. The smallest absolute Gasteiger partial charge is 0.148 e. The predicted octanol–water partition coefficient (Wildman–Crippen LogP) is -0.270. The van der Waals surface area contributed by atoms with Crippen molar-refractivity contribution in [1.82, 2.24) is 10.2 Å². The number of nitrogens with one attached hydrogen (secondary N) is 1. The Kier molecular flexibility index (Phi) is 5.85. The van der Waals surface area contributed by atoms with Crippen LogP contribution >= 0.6 is 0 Å². The number of rotatable bonds is 6. The second-order valence-electron chi connectivity index (χ2n) is 4.71. The van der Waals surface area contributed by atoms with Gasteiger partial charge in [0.1, 0.15) is 9.84 Å². The van der Waals surface area contributed by atoms with Crippen molar-refractivity contribution in [1.29, 1.82) is 0 Å². The van der Waals surface area contributed by atoms with Crippen LogP contribution in [0, 0.1) is 0 Å². The minimum atomic E-state index is -2.89. The van der Waals surface area contributed by atoms with Gasteiger partial charge in [-0.1, -0.05) is 6.92 Å². The Morgan fingerprint density at radius 1 is 1.47 bits per heavy atom. The molecule has 2 atom stereocenters. The maximum absolute atomic E-state index is 11.2. The molecule has 6 heteroatoms. The highest BCUT2D eigenvalue weighted by Crippen LogP contribution is 2.13. The number of hydrogen-bond acceptors (Lipinski definition) is 5. The van der Waals surface area contributed by atoms with Gasteiger partial charge >= 0.3 is 0 Å². The van der Waals surface area contributed by atoms with Gasteiger partial charge in [0.15, 0.2) is 0 Å². The number of hydrogen-bond donors (Lipinski definition) is 1. The van der Waals surface area contributed by atoms with Gasteiger partial charge < -0.3 is 10.1 Å². The molecule has 1 fully saturated rings. The molecule has 5 nitrogen and oxygen atoms in total. The Hall–Kier alpha value is -0.170. The van der Waals surface area contributed by atoms with E-state index < -0.39 is 9.84 Å². The van der Waals surface area contributed by atoms with E-state index in [1.165, 1.54) is 6.26 Å². The Balaban J connectivity index is 2.49. The second kappa shape index (κ2) is 6.68. The first-order valence-corrected chi connectivity index (χ1v) is 8.19. The number of nitrogens with zero attached hydrogens (tertiary/aromatic N) is 1. The summed E-state index contributed by atoms with van der Waals surface area (Å²) in [6.45, 7) is 5.05. The van der Waals surface area contributed by atoms with E-state index in [0.717, 1.165) is 19.6 Å². The average Bonchev–Trinajstić information content (AvgIpc) is 2.26. The third-order valence-corrected chi connectivity index (χ3v) is 4.10. The lowest BCUT2D eigenvalue weighted by Crippen LogP contribution is -2.54. The number of ether oxygens (including phenoxy) is 1.